The zero-order valence-electron chi connectivity index (χ0n) is 14.1. The first kappa shape index (κ1) is 18.0. The SMILES string of the molecule is C=C1NC(=O)N[C@H](c2ccc(CC)cc2)[C@H]1C(=O)OCCOCC. The maximum absolute atomic E-state index is 12.5. The quantitative estimate of drug-likeness (QED) is 0.593. The Bertz CT molecular complexity index is 598. The van der Waals surface area contributed by atoms with Crippen LogP contribution in [0.15, 0.2) is 36.5 Å². The van der Waals surface area contributed by atoms with E-state index >= 15 is 0 Å². The molecule has 0 aliphatic carbocycles. The van der Waals surface area contributed by atoms with E-state index in [1.165, 1.54) is 5.56 Å². The summed E-state index contributed by atoms with van der Waals surface area (Å²) < 4.78 is 10.4. The van der Waals surface area contributed by atoms with Crippen molar-refractivity contribution in [1.82, 2.24) is 10.6 Å². The molecule has 0 radical (unpaired) electrons. The van der Waals surface area contributed by atoms with Gasteiger partial charge in [0.25, 0.3) is 0 Å². The zero-order chi connectivity index (χ0) is 17.5. The largest absolute Gasteiger partial charge is 0.463 e. The fourth-order valence-corrected chi connectivity index (χ4v) is 2.64. The number of carbonyl (C=O) groups excluding carboxylic acids is 2. The summed E-state index contributed by atoms with van der Waals surface area (Å²) in [6.45, 7) is 8.85. The molecule has 6 heteroatoms. The molecule has 1 aromatic carbocycles. The summed E-state index contributed by atoms with van der Waals surface area (Å²) in [5.74, 6) is -1.12. The van der Waals surface area contributed by atoms with Crippen molar-refractivity contribution < 1.29 is 19.1 Å². The second-order valence-corrected chi connectivity index (χ2v) is 5.54. The summed E-state index contributed by atoms with van der Waals surface area (Å²) in [5.41, 5.74) is 2.37. The highest BCUT2D eigenvalue weighted by Gasteiger charge is 2.38. The van der Waals surface area contributed by atoms with Crippen LogP contribution < -0.4 is 10.6 Å². The molecule has 1 saturated heterocycles. The van der Waals surface area contributed by atoms with Crippen molar-refractivity contribution in [3.63, 3.8) is 0 Å². The van der Waals surface area contributed by atoms with Gasteiger partial charge in [0.1, 0.15) is 12.5 Å². The monoisotopic (exact) mass is 332 g/mol. The summed E-state index contributed by atoms with van der Waals surface area (Å²) in [4.78, 5) is 24.2. The lowest BCUT2D eigenvalue weighted by atomic mass is 9.88. The fraction of sp³-hybridized carbons (Fsp3) is 0.444. The number of esters is 1. The number of carbonyl (C=O) groups is 2. The smallest absolute Gasteiger partial charge is 0.319 e. The first-order valence-corrected chi connectivity index (χ1v) is 8.16. The third-order valence-corrected chi connectivity index (χ3v) is 3.95. The Morgan fingerprint density at radius 2 is 1.92 bits per heavy atom. The van der Waals surface area contributed by atoms with E-state index < -0.39 is 17.9 Å². The van der Waals surface area contributed by atoms with Crippen molar-refractivity contribution in [3.8, 4) is 0 Å². The molecule has 0 unspecified atom stereocenters. The summed E-state index contributed by atoms with van der Waals surface area (Å²) >= 11 is 0. The van der Waals surface area contributed by atoms with Gasteiger partial charge in [0.15, 0.2) is 0 Å². The van der Waals surface area contributed by atoms with Crippen LogP contribution in [0.4, 0.5) is 4.79 Å². The number of rotatable bonds is 7. The van der Waals surface area contributed by atoms with Gasteiger partial charge >= 0.3 is 12.0 Å². The van der Waals surface area contributed by atoms with Crippen molar-refractivity contribution in [2.75, 3.05) is 19.8 Å². The lowest BCUT2D eigenvalue weighted by molar-refractivity contribution is -0.150. The molecule has 130 valence electrons. The first-order valence-electron chi connectivity index (χ1n) is 8.16. The summed E-state index contributed by atoms with van der Waals surface area (Å²) in [7, 11) is 0. The van der Waals surface area contributed by atoms with Crippen LogP contribution in [-0.4, -0.2) is 31.8 Å². The highest BCUT2D eigenvalue weighted by molar-refractivity contribution is 5.85. The zero-order valence-corrected chi connectivity index (χ0v) is 14.1. The third-order valence-electron chi connectivity index (χ3n) is 3.95. The topological polar surface area (TPSA) is 76.7 Å². The van der Waals surface area contributed by atoms with E-state index in [0.717, 1.165) is 12.0 Å². The highest BCUT2D eigenvalue weighted by Crippen LogP contribution is 2.30. The molecule has 6 nitrogen and oxygen atoms in total. The molecule has 1 aliphatic rings. The number of aryl methyl sites for hydroxylation is 1. The Hall–Kier alpha value is -2.34. The van der Waals surface area contributed by atoms with Gasteiger partial charge in [-0.2, -0.15) is 0 Å². The summed E-state index contributed by atoms with van der Waals surface area (Å²) in [6, 6.07) is 6.94. The molecular weight excluding hydrogens is 308 g/mol. The standard InChI is InChI=1S/C18H24N2O4/c1-4-13-6-8-14(9-7-13)16-15(12(3)19-18(22)20-16)17(21)24-11-10-23-5-2/h6-9,15-16H,3-5,10-11H2,1-2H3,(H2,19,20,22)/t15-,16+/m0/s1. The van der Waals surface area contributed by atoms with Crippen molar-refractivity contribution in [2.24, 2.45) is 5.92 Å². The van der Waals surface area contributed by atoms with Crippen LogP contribution in [0.1, 0.15) is 31.0 Å². The number of amides is 2. The van der Waals surface area contributed by atoms with Gasteiger partial charge in [-0.05, 0) is 24.5 Å². The third kappa shape index (κ3) is 4.35. The van der Waals surface area contributed by atoms with Gasteiger partial charge < -0.3 is 20.1 Å². The molecule has 1 aromatic rings. The second-order valence-electron chi connectivity index (χ2n) is 5.54. The summed E-state index contributed by atoms with van der Waals surface area (Å²) in [6.07, 6.45) is 0.925. The molecule has 24 heavy (non-hydrogen) atoms. The molecule has 0 spiro atoms. The van der Waals surface area contributed by atoms with Crippen LogP contribution in [0.25, 0.3) is 0 Å². The van der Waals surface area contributed by atoms with Crippen molar-refractivity contribution in [1.29, 1.82) is 0 Å². The number of ether oxygens (including phenoxy) is 2. The molecule has 0 bridgehead atoms. The molecule has 2 amide bonds. The normalized spacial score (nSPS) is 20.2. The predicted molar refractivity (Wildman–Crippen MR) is 90.3 cm³/mol. The number of nitrogens with one attached hydrogen (secondary N) is 2. The first-order chi connectivity index (χ1) is 11.6. The van der Waals surface area contributed by atoms with E-state index in [4.69, 9.17) is 9.47 Å². The average Bonchev–Trinajstić information content (AvgIpc) is 2.58. The van der Waals surface area contributed by atoms with E-state index in [1.54, 1.807) is 0 Å². The fourth-order valence-electron chi connectivity index (χ4n) is 2.64. The number of hydrogen-bond acceptors (Lipinski definition) is 4. The van der Waals surface area contributed by atoms with E-state index in [1.807, 2.05) is 31.2 Å². The number of urea groups is 1. The molecule has 0 aromatic heterocycles. The Kier molecular flexibility index (Phi) is 6.37. The van der Waals surface area contributed by atoms with Crippen molar-refractivity contribution >= 4 is 12.0 Å². The maximum atomic E-state index is 12.5. The molecule has 2 N–H and O–H groups in total. The van der Waals surface area contributed by atoms with Gasteiger partial charge in [-0.25, -0.2) is 4.79 Å². The van der Waals surface area contributed by atoms with Crippen LogP contribution in [0.5, 0.6) is 0 Å². The van der Waals surface area contributed by atoms with Gasteiger partial charge in [-0.15, -0.1) is 0 Å². The Labute approximate surface area is 142 Å². The second kappa shape index (κ2) is 8.49. The van der Waals surface area contributed by atoms with Crippen molar-refractivity contribution in [3.05, 3.63) is 47.7 Å². The minimum absolute atomic E-state index is 0.173. The van der Waals surface area contributed by atoms with E-state index in [2.05, 4.69) is 24.1 Å². The average molecular weight is 332 g/mol. The van der Waals surface area contributed by atoms with E-state index in [0.29, 0.717) is 18.9 Å². The molecule has 1 heterocycles. The molecule has 1 fully saturated rings. The Morgan fingerprint density at radius 1 is 1.21 bits per heavy atom. The predicted octanol–water partition coefficient (Wildman–Crippen LogP) is 2.31. The van der Waals surface area contributed by atoms with E-state index in [-0.39, 0.29) is 12.6 Å². The van der Waals surface area contributed by atoms with Gasteiger partial charge in [-0.3, -0.25) is 4.79 Å². The van der Waals surface area contributed by atoms with Crippen LogP contribution in [0.3, 0.4) is 0 Å². The highest BCUT2D eigenvalue weighted by atomic mass is 16.6. The van der Waals surface area contributed by atoms with Gasteiger partial charge in [0.05, 0.1) is 12.6 Å². The Morgan fingerprint density at radius 3 is 2.54 bits per heavy atom. The van der Waals surface area contributed by atoms with Crippen LogP contribution in [-0.2, 0) is 20.7 Å². The summed E-state index contributed by atoms with van der Waals surface area (Å²) in [5, 5.41) is 5.35. The number of benzene rings is 1. The molecule has 2 rings (SSSR count). The van der Waals surface area contributed by atoms with Gasteiger partial charge in [0, 0.05) is 12.3 Å². The van der Waals surface area contributed by atoms with Crippen LogP contribution in [0.2, 0.25) is 0 Å². The minimum atomic E-state index is -0.684. The van der Waals surface area contributed by atoms with Crippen LogP contribution >= 0.6 is 0 Å². The number of hydrogen-bond donors (Lipinski definition) is 2. The molecule has 1 aliphatic heterocycles. The van der Waals surface area contributed by atoms with E-state index in [9.17, 15) is 9.59 Å². The van der Waals surface area contributed by atoms with Gasteiger partial charge in [0.2, 0.25) is 0 Å². The molecule has 2 atom stereocenters. The van der Waals surface area contributed by atoms with Crippen molar-refractivity contribution in [2.45, 2.75) is 26.3 Å². The lowest BCUT2D eigenvalue weighted by Crippen LogP contribution is -2.51. The maximum Gasteiger partial charge on any atom is 0.319 e. The van der Waals surface area contributed by atoms with Crippen LogP contribution in [0, 0.1) is 5.92 Å². The Balaban J connectivity index is 2.15. The molecular formula is C18H24N2O4. The lowest BCUT2D eigenvalue weighted by Gasteiger charge is -2.33. The minimum Gasteiger partial charge on any atom is -0.463 e. The molecule has 0 saturated carbocycles. The van der Waals surface area contributed by atoms with Gasteiger partial charge in [-0.1, -0.05) is 37.8 Å².